The van der Waals surface area contributed by atoms with Gasteiger partial charge in [-0.2, -0.15) is 5.10 Å². The number of carbonyl (C=O) groups is 1. The van der Waals surface area contributed by atoms with E-state index >= 15 is 0 Å². The zero-order chi connectivity index (χ0) is 18.8. The van der Waals surface area contributed by atoms with Gasteiger partial charge < -0.3 is 11.1 Å². The first-order chi connectivity index (χ1) is 13.1. The molecule has 0 unspecified atom stereocenters. The van der Waals surface area contributed by atoms with Crippen molar-refractivity contribution < 1.29 is 9.18 Å². The summed E-state index contributed by atoms with van der Waals surface area (Å²) in [7, 11) is 0. The van der Waals surface area contributed by atoms with Crippen molar-refractivity contribution in [2.45, 2.75) is 6.54 Å². The molecule has 7 nitrogen and oxygen atoms in total. The molecule has 0 atom stereocenters. The lowest BCUT2D eigenvalue weighted by atomic mass is 10.1. The van der Waals surface area contributed by atoms with Crippen molar-refractivity contribution in [3.8, 4) is 5.69 Å². The number of amides is 1. The Morgan fingerprint density at radius 2 is 1.96 bits per heavy atom. The molecule has 0 aliphatic heterocycles. The highest BCUT2D eigenvalue weighted by Crippen LogP contribution is 2.19. The van der Waals surface area contributed by atoms with Gasteiger partial charge in [-0.3, -0.25) is 4.79 Å². The molecule has 0 fully saturated rings. The van der Waals surface area contributed by atoms with E-state index in [0.29, 0.717) is 28.0 Å². The molecule has 2 heterocycles. The van der Waals surface area contributed by atoms with Gasteiger partial charge in [-0.05, 0) is 42.0 Å². The van der Waals surface area contributed by atoms with Crippen molar-refractivity contribution in [3.63, 3.8) is 0 Å². The van der Waals surface area contributed by atoms with Gasteiger partial charge in [0.1, 0.15) is 18.0 Å². The first-order valence-corrected chi connectivity index (χ1v) is 8.19. The van der Waals surface area contributed by atoms with Gasteiger partial charge in [-0.15, -0.1) is 0 Å². The highest BCUT2D eigenvalue weighted by molar-refractivity contribution is 5.94. The third-order valence-corrected chi connectivity index (χ3v) is 4.11. The molecule has 0 radical (unpaired) electrons. The van der Waals surface area contributed by atoms with Gasteiger partial charge in [-0.1, -0.05) is 12.1 Å². The fourth-order valence-corrected chi connectivity index (χ4v) is 2.74. The van der Waals surface area contributed by atoms with Gasteiger partial charge in [0.15, 0.2) is 5.65 Å². The molecular formula is C19H15FN6O. The van der Waals surface area contributed by atoms with Crippen LogP contribution in [0.15, 0.2) is 61.1 Å². The van der Waals surface area contributed by atoms with Crippen molar-refractivity contribution in [1.29, 1.82) is 0 Å². The monoisotopic (exact) mass is 362 g/mol. The van der Waals surface area contributed by atoms with Crippen molar-refractivity contribution in [1.82, 2.24) is 25.1 Å². The Morgan fingerprint density at radius 3 is 2.74 bits per heavy atom. The summed E-state index contributed by atoms with van der Waals surface area (Å²) in [4.78, 5) is 20.4. The van der Waals surface area contributed by atoms with E-state index in [1.165, 1.54) is 18.5 Å². The normalized spacial score (nSPS) is 10.9. The number of nitrogen functional groups attached to an aromatic ring is 1. The maximum atomic E-state index is 13.2. The third kappa shape index (κ3) is 3.32. The number of nitrogens with one attached hydrogen (secondary N) is 1. The molecule has 27 heavy (non-hydrogen) atoms. The van der Waals surface area contributed by atoms with Gasteiger partial charge in [0.05, 0.1) is 17.3 Å². The summed E-state index contributed by atoms with van der Waals surface area (Å²) in [6.07, 6.45) is 2.98. The van der Waals surface area contributed by atoms with Crippen LogP contribution in [0.1, 0.15) is 15.9 Å². The third-order valence-electron chi connectivity index (χ3n) is 4.11. The summed E-state index contributed by atoms with van der Waals surface area (Å²) in [5.41, 5.74) is 8.33. The Bertz CT molecular complexity index is 1120. The Balaban J connectivity index is 1.51. The van der Waals surface area contributed by atoms with Crippen LogP contribution in [-0.4, -0.2) is 25.7 Å². The van der Waals surface area contributed by atoms with Crippen LogP contribution in [0.25, 0.3) is 16.7 Å². The highest BCUT2D eigenvalue weighted by atomic mass is 19.1. The van der Waals surface area contributed by atoms with Crippen molar-refractivity contribution in [3.05, 3.63) is 78.0 Å². The number of hydrogen-bond acceptors (Lipinski definition) is 5. The Labute approximate surface area is 153 Å². The highest BCUT2D eigenvalue weighted by Gasteiger charge is 2.11. The van der Waals surface area contributed by atoms with E-state index < -0.39 is 0 Å². The molecule has 4 aromatic rings. The zero-order valence-electron chi connectivity index (χ0n) is 14.1. The van der Waals surface area contributed by atoms with Gasteiger partial charge in [-0.25, -0.2) is 19.0 Å². The molecule has 1 amide bonds. The second kappa shape index (κ2) is 6.83. The summed E-state index contributed by atoms with van der Waals surface area (Å²) in [6.45, 7) is 0.248. The van der Waals surface area contributed by atoms with Crippen LogP contribution in [0.5, 0.6) is 0 Å². The van der Waals surface area contributed by atoms with E-state index in [0.717, 1.165) is 5.69 Å². The minimum absolute atomic E-state index is 0.247. The summed E-state index contributed by atoms with van der Waals surface area (Å²) < 4.78 is 14.8. The molecule has 0 spiro atoms. The number of halogens is 1. The molecule has 0 aliphatic carbocycles. The van der Waals surface area contributed by atoms with Gasteiger partial charge in [0, 0.05) is 12.1 Å². The average molecular weight is 362 g/mol. The van der Waals surface area contributed by atoms with Gasteiger partial charge >= 0.3 is 0 Å². The van der Waals surface area contributed by atoms with E-state index in [1.54, 1.807) is 47.3 Å². The van der Waals surface area contributed by atoms with Crippen LogP contribution in [0.3, 0.4) is 0 Å². The summed E-state index contributed by atoms with van der Waals surface area (Å²) >= 11 is 0. The number of benzene rings is 2. The standard InChI is InChI=1S/C19H15FN6O/c20-14-3-1-2-12(8-14)9-22-19(27)13-4-6-15(7-5-13)26-18-16(10-25-26)17(21)23-11-24-18/h1-8,10-11H,9H2,(H,22,27)(H2,21,23,24). The van der Waals surface area contributed by atoms with Crippen LogP contribution < -0.4 is 11.1 Å². The van der Waals surface area contributed by atoms with E-state index in [-0.39, 0.29) is 18.3 Å². The molecule has 4 rings (SSSR count). The second-order valence-electron chi connectivity index (χ2n) is 5.91. The molecule has 0 saturated carbocycles. The average Bonchev–Trinajstić information content (AvgIpc) is 3.12. The quantitative estimate of drug-likeness (QED) is 0.581. The number of nitrogens with zero attached hydrogens (tertiary/aromatic N) is 4. The van der Waals surface area contributed by atoms with Crippen molar-refractivity contribution in [2.75, 3.05) is 5.73 Å². The summed E-state index contributed by atoms with van der Waals surface area (Å²) in [5.74, 6) is -0.218. The number of fused-ring (bicyclic) bond motifs is 1. The smallest absolute Gasteiger partial charge is 0.251 e. The Morgan fingerprint density at radius 1 is 1.15 bits per heavy atom. The summed E-state index contributed by atoms with van der Waals surface area (Å²) in [5, 5.41) is 7.71. The lowest BCUT2D eigenvalue weighted by molar-refractivity contribution is 0.0951. The molecule has 0 saturated heterocycles. The van der Waals surface area contributed by atoms with E-state index in [9.17, 15) is 9.18 Å². The number of hydrogen-bond donors (Lipinski definition) is 2. The van der Waals surface area contributed by atoms with Crippen LogP contribution >= 0.6 is 0 Å². The predicted octanol–water partition coefficient (Wildman–Crippen LogP) is 2.47. The molecule has 0 aliphatic rings. The van der Waals surface area contributed by atoms with Crippen molar-refractivity contribution >= 4 is 22.8 Å². The fourth-order valence-electron chi connectivity index (χ4n) is 2.74. The topological polar surface area (TPSA) is 98.7 Å². The number of anilines is 1. The van der Waals surface area contributed by atoms with E-state index in [4.69, 9.17) is 5.73 Å². The van der Waals surface area contributed by atoms with Crippen LogP contribution in [0, 0.1) is 5.82 Å². The number of rotatable bonds is 4. The molecule has 2 aromatic carbocycles. The molecule has 3 N–H and O–H groups in total. The summed E-state index contributed by atoms with van der Waals surface area (Å²) in [6, 6.07) is 13.0. The maximum absolute atomic E-state index is 13.2. The molecule has 0 bridgehead atoms. The van der Waals surface area contributed by atoms with E-state index in [1.807, 2.05) is 0 Å². The predicted molar refractivity (Wildman–Crippen MR) is 98.6 cm³/mol. The minimum atomic E-state index is -0.331. The largest absolute Gasteiger partial charge is 0.383 e. The van der Waals surface area contributed by atoms with Gasteiger partial charge in [0.2, 0.25) is 0 Å². The first-order valence-electron chi connectivity index (χ1n) is 8.19. The lowest BCUT2D eigenvalue weighted by Crippen LogP contribution is -2.22. The second-order valence-corrected chi connectivity index (χ2v) is 5.91. The molecule has 2 aromatic heterocycles. The fraction of sp³-hybridized carbons (Fsp3) is 0.0526. The van der Waals surface area contributed by atoms with Gasteiger partial charge in [0.25, 0.3) is 5.91 Å². The van der Waals surface area contributed by atoms with Crippen molar-refractivity contribution in [2.24, 2.45) is 0 Å². The minimum Gasteiger partial charge on any atom is -0.383 e. The first kappa shape index (κ1) is 16.6. The van der Waals surface area contributed by atoms with Crippen LogP contribution in [0.2, 0.25) is 0 Å². The Kier molecular flexibility index (Phi) is 4.21. The van der Waals surface area contributed by atoms with Crippen LogP contribution in [0.4, 0.5) is 10.2 Å². The lowest BCUT2D eigenvalue weighted by Gasteiger charge is -2.07. The van der Waals surface area contributed by atoms with E-state index in [2.05, 4.69) is 20.4 Å². The molecular weight excluding hydrogens is 347 g/mol. The number of nitrogens with two attached hydrogens (primary N) is 1. The number of aromatic nitrogens is 4. The zero-order valence-corrected chi connectivity index (χ0v) is 14.1. The SMILES string of the molecule is Nc1ncnc2c1cnn2-c1ccc(C(=O)NCc2cccc(F)c2)cc1. The molecule has 134 valence electrons. The maximum Gasteiger partial charge on any atom is 0.251 e. The Hall–Kier alpha value is -3.81. The van der Waals surface area contributed by atoms with Crippen LogP contribution in [-0.2, 0) is 6.54 Å². The number of carbonyl (C=O) groups excluding carboxylic acids is 1. The molecule has 8 heteroatoms.